The van der Waals surface area contributed by atoms with Crippen molar-refractivity contribution in [1.29, 1.82) is 0 Å². The summed E-state index contributed by atoms with van der Waals surface area (Å²) in [5, 5.41) is 6.74. The van der Waals surface area contributed by atoms with Gasteiger partial charge in [-0.1, -0.05) is 6.92 Å². The van der Waals surface area contributed by atoms with Gasteiger partial charge in [-0.2, -0.15) is 13.2 Å². The first-order valence-corrected chi connectivity index (χ1v) is 9.04. The van der Waals surface area contributed by atoms with Crippen molar-refractivity contribution in [3.8, 4) is 0 Å². The molecule has 1 saturated heterocycles. The van der Waals surface area contributed by atoms with Crippen LogP contribution in [0.2, 0.25) is 0 Å². The average Bonchev–Trinajstić information content (AvgIpc) is 2.92. The zero-order valence-electron chi connectivity index (χ0n) is 16.2. The molecule has 0 aromatic rings. The van der Waals surface area contributed by atoms with Gasteiger partial charge in [0.25, 0.3) is 0 Å². The van der Waals surface area contributed by atoms with Gasteiger partial charge >= 0.3 is 6.18 Å². The Bertz CT molecular complexity index is 417. The highest BCUT2D eigenvalue weighted by atomic mass is 19.4. The maximum Gasteiger partial charge on any atom is 0.401 e. The van der Waals surface area contributed by atoms with Gasteiger partial charge in [-0.25, -0.2) is 0 Å². The van der Waals surface area contributed by atoms with Crippen LogP contribution in [0.5, 0.6) is 0 Å². The molecule has 0 bridgehead atoms. The number of aliphatic imine (C=N–C) groups is 1. The zero-order valence-corrected chi connectivity index (χ0v) is 16.2. The van der Waals surface area contributed by atoms with Crippen molar-refractivity contribution in [2.75, 3.05) is 52.9 Å². The highest BCUT2D eigenvalue weighted by Crippen LogP contribution is 2.21. The van der Waals surface area contributed by atoms with Crippen LogP contribution < -0.4 is 10.6 Å². The first kappa shape index (κ1) is 22.0. The summed E-state index contributed by atoms with van der Waals surface area (Å²) >= 11 is 0. The molecule has 1 aliphatic heterocycles. The Kier molecular flexibility index (Phi) is 8.47. The van der Waals surface area contributed by atoms with Gasteiger partial charge < -0.3 is 15.5 Å². The Hall–Kier alpha value is -1.02. The molecule has 0 radical (unpaired) electrons. The van der Waals surface area contributed by atoms with Gasteiger partial charge in [0.1, 0.15) is 0 Å². The van der Waals surface area contributed by atoms with E-state index in [4.69, 9.17) is 0 Å². The third-order valence-electron chi connectivity index (χ3n) is 4.23. The monoisotopic (exact) mass is 365 g/mol. The molecule has 1 atom stereocenters. The van der Waals surface area contributed by atoms with E-state index in [1.807, 2.05) is 0 Å². The van der Waals surface area contributed by atoms with Crippen LogP contribution in [0.1, 0.15) is 34.1 Å². The summed E-state index contributed by atoms with van der Waals surface area (Å²) in [4.78, 5) is 7.93. The molecule has 1 heterocycles. The summed E-state index contributed by atoms with van der Waals surface area (Å²) in [6.45, 7) is 11.4. The molecular formula is C17H34F3N5. The molecule has 1 rings (SSSR count). The third-order valence-corrected chi connectivity index (χ3v) is 4.23. The summed E-state index contributed by atoms with van der Waals surface area (Å²) in [5.74, 6) is 1.07. The lowest BCUT2D eigenvalue weighted by Gasteiger charge is -2.26. The molecule has 0 aliphatic carbocycles. The lowest BCUT2D eigenvalue weighted by atomic mass is 10.1. The Morgan fingerprint density at radius 2 is 1.92 bits per heavy atom. The van der Waals surface area contributed by atoms with Gasteiger partial charge in [0.2, 0.25) is 0 Å². The summed E-state index contributed by atoms with van der Waals surface area (Å²) < 4.78 is 37.8. The second-order valence-electron chi connectivity index (χ2n) is 7.69. The fourth-order valence-corrected chi connectivity index (χ4v) is 3.04. The Morgan fingerprint density at radius 3 is 2.44 bits per heavy atom. The predicted octanol–water partition coefficient (Wildman–Crippen LogP) is 2.16. The lowest BCUT2D eigenvalue weighted by Crippen LogP contribution is -2.46. The van der Waals surface area contributed by atoms with Gasteiger partial charge in [-0.3, -0.25) is 9.89 Å². The molecule has 0 aromatic carbocycles. The topological polar surface area (TPSA) is 42.9 Å². The Balaban J connectivity index is 2.40. The number of nitrogens with zero attached hydrogens (tertiary/aromatic N) is 3. The van der Waals surface area contributed by atoms with E-state index < -0.39 is 12.7 Å². The van der Waals surface area contributed by atoms with Crippen LogP contribution >= 0.6 is 0 Å². The standard InChI is InChI=1S/C17H34F3N5/c1-6-24(13-17(18,19)20)11-14-7-10-25(12-14)15(21-5)22-8-9-23-16(2,3)4/h14,23H,6-13H2,1-5H3,(H,21,22). The number of rotatable bonds is 7. The maximum absolute atomic E-state index is 12.6. The van der Waals surface area contributed by atoms with Crippen LogP contribution in [0, 0.1) is 5.92 Å². The number of hydrogen-bond acceptors (Lipinski definition) is 3. The SMILES string of the molecule is CCN(CC1CCN(C(=NC)NCCNC(C)(C)C)C1)CC(F)(F)F. The number of halogens is 3. The van der Waals surface area contributed by atoms with Crippen molar-refractivity contribution in [2.45, 2.75) is 45.8 Å². The molecular weight excluding hydrogens is 331 g/mol. The van der Waals surface area contributed by atoms with Gasteiger partial charge in [0.05, 0.1) is 6.54 Å². The van der Waals surface area contributed by atoms with E-state index in [-0.39, 0.29) is 11.5 Å². The number of nitrogens with one attached hydrogen (secondary N) is 2. The quantitative estimate of drug-likeness (QED) is 0.412. The molecule has 0 saturated carbocycles. The minimum absolute atomic E-state index is 0.0754. The molecule has 1 fully saturated rings. The fraction of sp³-hybridized carbons (Fsp3) is 0.941. The largest absolute Gasteiger partial charge is 0.401 e. The van der Waals surface area contributed by atoms with Crippen molar-refractivity contribution in [1.82, 2.24) is 20.4 Å². The van der Waals surface area contributed by atoms with Crippen molar-refractivity contribution in [3.05, 3.63) is 0 Å². The van der Waals surface area contributed by atoms with E-state index >= 15 is 0 Å². The number of guanidine groups is 1. The zero-order chi connectivity index (χ0) is 19.1. The summed E-state index contributed by atoms with van der Waals surface area (Å²) in [6, 6.07) is 0. The predicted molar refractivity (Wildman–Crippen MR) is 97.0 cm³/mol. The van der Waals surface area contributed by atoms with Crippen molar-refractivity contribution in [3.63, 3.8) is 0 Å². The van der Waals surface area contributed by atoms with E-state index in [0.29, 0.717) is 13.1 Å². The third kappa shape index (κ3) is 9.30. The van der Waals surface area contributed by atoms with Crippen LogP contribution in [0.4, 0.5) is 13.2 Å². The average molecular weight is 365 g/mol. The first-order valence-electron chi connectivity index (χ1n) is 9.04. The first-order chi connectivity index (χ1) is 11.5. The summed E-state index contributed by atoms with van der Waals surface area (Å²) in [6.07, 6.45) is -3.23. The molecule has 0 aromatic heterocycles. The molecule has 1 aliphatic rings. The normalized spacial score (nSPS) is 19.8. The Morgan fingerprint density at radius 1 is 1.24 bits per heavy atom. The Labute approximate surface area is 150 Å². The minimum atomic E-state index is -4.13. The molecule has 1 unspecified atom stereocenters. The molecule has 0 amide bonds. The van der Waals surface area contributed by atoms with Crippen LogP contribution in [-0.4, -0.2) is 80.3 Å². The molecule has 0 spiro atoms. The van der Waals surface area contributed by atoms with Gasteiger partial charge in [0.15, 0.2) is 5.96 Å². The number of likely N-dealkylation sites (tertiary alicyclic amines) is 1. The molecule has 8 heteroatoms. The van der Waals surface area contributed by atoms with E-state index in [0.717, 1.165) is 38.6 Å². The minimum Gasteiger partial charge on any atom is -0.355 e. The summed E-state index contributed by atoms with van der Waals surface area (Å²) in [7, 11) is 1.74. The van der Waals surface area contributed by atoms with E-state index in [9.17, 15) is 13.2 Å². The fourth-order valence-electron chi connectivity index (χ4n) is 3.04. The lowest BCUT2D eigenvalue weighted by molar-refractivity contribution is -0.146. The van der Waals surface area contributed by atoms with Crippen LogP contribution in [0.25, 0.3) is 0 Å². The van der Waals surface area contributed by atoms with E-state index in [2.05, 4.69) is 41.3 Å². The van der Waals surface area contributed by atoms with Crippen LogP contribution in [-0.2, 0) is 0 Å². The second-order valence-corrected chi connectivity index (χ2v) is 7.69. The molecule has 148 valence electrons. The highest BCUT2D eigenvalue weighted by Gasteiger charge is 2.32. The van der Waals surface area contributed by atoms with E-state index in [1.54, 1.807) is 14.0 Å². The van der Waals surface area contributed by atoms with Gasteiger partial charge in [-0.05, 0) is 39.7 Å². The van der Waals surface area contributed by atoms with Crippen molar-refractivity contribution < 1.29 is 13.2 Å². The van der Waals surface area contributed by atoms with Gasteiger partial charge in [0, 0.05) is 45.3 Å². The molecule has 25 heavy (non-hydrogen) atoms. The second kappa shape index (κ2) is 9.62. The number of alkyl halides is 3. The van der Waals surface area contributed by atoms with Crippen LogP contribution in [0.15, 0.2) is 4.99 Å². The molecule has 2 N–H and O–H groups in total. The summed E-state index contributed by atoms with van der Waals surface area (Å²) in [5.41, 5.74) is 0.0754. The van der Waals surface area contributed by atoms with Crippen molar-refractivity contribution in [2.24, 2.45) is 10.9 Å². The molecule has 5 nitrogen and oxygen atoms in total. The van der Waals surface area contributed by atoms with Gasteiger partial charge in [-0.15, -0.1) is 0 Å². The number of hydrogen-bond donors (Lipinski definition) is 2. The maximum atomic E-state index is 12.6. The van der Waals surface area contributed by atoms with E-state index in [1.165, 1.54) is 4.90 Å². The van der Waals surface area contributed by atoms with Crippen LogP contribution in [0.3, 0.4) is 0 Å². The smallest absolute Gasteiger partial charge is 0.355 e. The van der Waals surface area contributed by atoms with Crippen molar-refractivity contribution >= 4 is 5.96 Å². The highest BCUT2D eigenvalue weighted by molar-refractivity contribution is 5.80.